The van der Waals surface area contributed by atoms with Gasteiger partial charge in [-0.1, -0.05) is 15.9 Å². The second-order valence-corrected chi connectivity index (χ2v) is 4.27. The topological polar surface area (TPSA) is 44.8 Å². The van der Waals surface area contributed by atoms with Crippen LogP contribution in [-0.2, 0) is 24.8 Å². The summed E-state index contributed by atoms with van der Waals surface area (Å²) in [6, 6.07) is 7.10. The molecule has 1 aliphatic rings. The average molecular weight is 299 g/mol. The first-order valence-electron chi connectivity index (χ1n) is 5.13. The van der Waals surface area contributed by atoms with E-state index < -0.39 is 11.8 Å². The summed E-state index contributed by atoms with van der Waals surface area (Å²) in [5.41, 5.74) is 0.587. The van der Waals surface area contributed by atoms with Gasteiger partial charge in [-0.05, 0) is 31.2 Å². The Morgan fingerprint density at radius 2 is 1.88 bits per heavy atom. The highest BCUT2D eigenvalue weighted by Gasteiger charge is 2.48. The highest BCUT2D eigenvalue weighted by atomic mass is 79.9. The van der Waals surface area contributed by atoms with Gasteiger partial charge in [0.2, 0.25) is 0 Å². The van der Waals surface area contributed by atoms with Gasteiger partial charge in [-0.15, -0.1) is 0 Å². The van der Waals surface area contributed by atoms with E-state index in [-0.39, 0.29) is 6.61 Å². The molecule has 1 aliphatic heterocycles. The number of hydrogen-bond donors (Lipinski definition) is 0. The van der Waals surface area contributed by atoms with Gasteiger partial charge in [-0.3, -0.25) is 0 Å². The Hall–Kier alpha value is -1.49. The molecular formula is C12H11BrO4. The molecule has 2 rings (SSSR count). The van der Waals surface area contributed by atoms with Crippen LogP contribution < -0.4 is 0 Å². The number of hydrogen-bond acceptors (Lipinski definition) is 4. The van der Waals surface area contributed by atoms with Crippen LogP contribution in [0.2, 0.25) is 0 Å². The zero-order valence-corrected chi connectivity index (χ0v) is 10.8. The van der Waals surface area contributed by atoms with E-state index >= 15 is 0 Å². The summed E-state index contributed by atoms with van der Waals surface area (Å²) in [5.74, 6) is -2.07. The summed E-state index contributed by atoms with van der Waals surface area (Å²) in [6.45, 7) is 2.00. The first-order chi connectivity index (χ1) is 8.19. The normalized spacial score (nSPS) is 16.1. The maximum atomic E-state index is 11.9. The molecule has 17 heavy (non-hydrogen) atoms. The van der Waals surface area contributed by atoms with Crippen molar-refractivity contribution in [2.45, 2.75) is 12.7 Å². The molecule has 0 amide bonds. The summed E-state index contributed by atoms with van der Waals surface area (Å²) in [5, 5.41) is 0. The fraction of sp³-hybridized carbons (Fsp3) is 0.250. The molecule has 0 N–H and O–H groups in total. The molecule has 1 aromatic rings. The molecular weight excluding hydrogens is 288 g/mol. The Morgan fingerprint density at radius 3 is 2.41 bits per heavy atom. The van der Waals surface area contributed by atoms with Crippen LogP contribution in [0.25, 0.3) is 0 Å². The number of carbonyl (C=O) groups excluding carboxylic acids is 1. The molecule has 4 nitrogen and oxygen atoms in total. The standard InChI is InChI=1S/C12H11BrO4/c1-2-15-11(14)12(16-7-8-17-12)9-3-5-10(13)6-4-9/h3-8H,2H2,1H3. The lowest BCUT2D eigenvalue weighted by molar-refractivity contribution is -0.205. The minimum Gasteiger partial charge on any atom is -0.460 e. The third kappa shape index (κ3) is 2.15. The molecule has 0 fully saturated rings. The van der Waals surface area contributed by atoms with E-state index in [0.29, 0.717) is 5.56 Å². The number of ether oxygens (including phenoxy) is 3. The second kappa shape index (κ2) is 4.79. The Kier molecular flexibility index (Phi) is 3.38. The average Bonchev–Trinajstić information content (AvgIpc) is 2.81. The van der Waals surface area contributed by atoms with E-state index in [9.17, 15) is 4.79 Å². The molecule has 90 valence electrons. The number of halogens is 1. The zero-order valence-electron chi connectivity index (χ0n) is 9.18. The maximum Gasteiger partial charge on any atom is 0.398 e. The molecule has 0 aromatic heterocycles. The predicted molar refractivity (Wildman–Crippen MR) is 63.8 cm³/mol. The Bertz CT molecular complexity index is 430. The van der Waals surface area contributed by atoms with Crippen LogP contribution in [0.4, 0.5) is 0 Å². The minimum atomic E-state index is -1.50. The quantitative estimate of drug-likeness (QED) is 0.805. The minimum absolute atomic E-state index is 0.268. The lowest BCUT2D eigenvalue weighted by atomic mass is 10.1. The summed E-state index contributed by atoms with van der Waals surface area (Å²) in [6.07, 6.45) is 2.66. The molecule has 0 aliphatic carbocycles. The molecule has 0 radical (unpaired) electrons. The van der Waals surface area contributed by atoms with Crippen molar-refractivity contribution in [2.24, 2.45) is 0 Å². The SMILES string of the molecule is CCOC(=O)C1(c2ccc(Br)cc2)OC=CO1. The van der Waals surface area contributed by atoms with Crippen molar-refractivity contribution in [2.75, 3.05) is 6.61 Å². The summed E-state index contributed by atoms with van der Waals surface area (Å²) < 4.78 is 16.5. The molecule has 0 unspecified atom stereocenters. The Balaban J connectivity index is 2.34. The number of benzene rings is 1. The van der Waals surface area contributed by atoms with Crippen LogP contribution in [0.3, 0.4) is 0 Å². The second-order valence-electron chi connectivity index (χ2n) is 3.35. The fourth-order valence-corrected chi connectivity index (χ4v) is 1.78. The molecule has 0 saturated heterocycles. The van der Waals surface area contributed by atoms with E-state index in [4.69, 9.17) is 14.2 Å². The van der Waals surface area contributed by atoms with Crippen molar-refractivity contribution >= 4 is 21.9 Å². The van der Waals surface area contributed by atoms with Gasteiger partial charge in [-0.25, -0.2) is 4.79 Å². The Labute approximate surface area is 107 Å². The van der Waals surface area contributed by atoms with Gasteiger partial charge in [0.25, 0.3) is 0 Å². The highest BCUT2D eigenvalue weighted by molar-refractivity contribution is 9.10. The van der Waals surface area contributed by atoms with Crippen molar-refractivity contribution in [3.63, 3.8) is 0 Å². The molecule has 0 bridgehead atoms. The first-order valence-corrected chi connectivity index (χ1v) is 5.92. The lowest BCUT2D eigenvalue weighted by Crippen LogP contribution is -2.38. The van der Waals surface area contributed by atoms with E-state index in [0.717, 1.165) is 4.47 Å². The summed E-state index contributed by atoms with van der Waals surface area (Å²) in [7, 11) is 0. The zero-order chi connectivity index (χ0) is 12.3. The van der Waals surface area contributed by atoms with E-state index in [1.165, 1.54) is 12.5 Å². The van der Waals surface area contributed by atoms with Gasteiger partial charge in [-0.2, -0.15) is 0 Å². The third-order valence-corrected chi connectivity index (χ3v) is 2.82. The number of esters is 1. The van der Waals surface area contributed by atoms with Gasteiger partial charge in [0, 0.05) is 10.0 Å². The first kappa shape index (κ1) is 12.0. The fourth-order valence-electron chi connectivity index (χ4n) is 1.52. The van der Waals surface area contributed by atoms with Crippen LogP contribution in [0.1, 0.15) is 12.5 Å². The van der Waals surface area contributed by atoms with Crippen LogP contribution in [0.5, 0.6) is 0 Å². The Morgan fingerprint density at radius 1 is 1.29 bits per heavy atom. The van der Waals surface area contributed by atoms with Gasteiger partial charge in [0.1, 0.15) is 12.5 Å². The van der Waals surface area contributed by atoms with Crippen molar-refractivity contribution in [3.05, 3.63) is 46.8 Å². The van der Waals surface area contributed by atoms with Gasteiger partial charge >= 0.3 is 11.8 Å². The summed E-state index contributed by atoms with van der Waals surface area (Å²) >= 11 is 3.33. The lowest BCUT2D eigenvalue weighted by Gasteiger charge is -2.25. The van der Waals surface area contributed by atoms with Crippen LogP contribution in [0, 0.1) is 0 Å². The predicted octanol–water partition coefficient (Wildman–Crippen LogP) is 2.68. The molecule has 5 heteroatoms. The van der Waals surface area contributed by atoms with Gasteiger partial charge in [0.15, 0.2) is 0 Å². The van der Waals surface area contributed by atoms with E-state index in [1.807, 2.05) is 0 Å². The van der Waals surface area contributed by atoms with Crippen LogP contribution in [-0.4, -0.2) is 12.6 Å². The number of rotatable bonds is 3. The molecule has 0 atom stereocenters. The van der Waals surface area contributed by atoms with Crippen molar-refractivity contribution in [1.29, 1.82) is 0 Å². The van der Waals surface area contributed by atoms with Gasteiger partial charge in [0.05, 0.1) is 6.61 Å². The molecule has 0 saturated carbocycles. The van der Waals surface area contributed by atoms with Crippen LogP contribution in [0.15, 0.2) is 41.3 Å². The molecule has 0 spiro atoms. The van der Waals surface area contributed by atoms with Crippen LogP contribution >= 0.6 is 15.9 Å². The van der Waals surface area contributed by atoms with Crippen molar-refractivity contribution < 1.29 is 19.0 Å². The third-order valence-electron chi connectivity index (χ3n) is 2.29. The number of carbonyl (C=O) groups is 1. The van der Waals surface area contributed by atoms with Crippen molar-refractivity contribution in [3.8, 4) is 0 Å². The van der Waals surface area contributed by atoms with Gasteiger partial charge < -0.3 is 14.2 Å². The molecule has 1 heterocycles. The smallest absolute Gasteiger partial charge is 0.398 e. The largest absolute Gasteiger partial charge is 0.460 e. The monoisotopic (exact) mass is 298 g/mol. The highest BCUT2D eigenvalue weighted by Crippen LogP contribution is 2.34. The summed E-state index contributed by atoms with van der Waals surface area (Å²) in [4.78, 5) is 11.9. The van der Waals surface area contributed by atoms with E-state index in [2.05, 4.69) is 15.9 Å². The van der Waals surface area contributed by atoms with E-state index in [1.54, 1.807) is 31.2 Å². The van der Waals surface area contributed by atoms with Crippen molar-refractivity contribution in [1.82, 2.24) is 0 Å². The maximum absolute atomic E-state index is 11.9. The molecule has 1 aromatic carbocycles.